The van der Waals surface area contributed by atoms with Crippen molar-refractivity contribution >= 4 is 6.08 Å². The summed E-state index contributed by atoms with van der Waals surface area (Å²) < 4.78 is 0. The van der Waals surface area contributed by atoms with E-state index in [1.807, 2.05) is 65.8 Å². The molecule has 0 aliphatic rings. The van der Waals surface area contributed by atoms with Crippen LogP contribution >= 0.6 is 0 Å². The van der Waals surface area contributed by atoms with Crippen molar-refractivity contribution < 1.29 is 0 Å². The second-order valence-electron chi connectivity index (χ2n) is 3.03. The Morgan fingerprint density at radius 1 is 0.833 bits per heavy atom. The Kier molecular flexibility index (Phi) is 16.1. The third kappa shape index (κ3) is 9.65. The van der Waals surface area contributed by atoms with Crippen molar-refractivity contribution in [2.45, 2.75) is 41.5 Å². The maximum atomic E-state index is 2.12. The summed E-state index contributed by atoms with van der Waals surface area (Å²) in [6, 6.07) is 10.3. The predicted molar refractivity (Wildman–Crippen MR) is 86.7 cm³/mol. The molecule has 0 radical (unpaired) electrons. The highest BCUT2D eigenvalue weighted by Gasteiger charge is 1.84. The topological polar surface area (TPSA) is 0 Å². The molecule has 18 heavy (non-hydrogen) atoms. The van der Waals surface area contributed by atoms with Gasteiger partial charge in [0.25, 0.3) is 0 Å². The first kappa shape index (κ1) is 18.8. The summed E-state index contributed by atoms with van der Waals surface area (Å²) in [6.45, 7) is 12.1. The van der Waals surface area contributed by atoms with E-state index in [9.17, 15) is 0 Å². The third-order valence-corrected chi connectivity index (χ3v) is 1.96. The Balaban J connectivity index is 0. The first-order valence-electron chi connectivity index (χ1n) is 6.89. The van der Waals surface area contributed by atoms with E-state index in [0.29, 0.717) is 0 Å². The molecule has 100 valence electrons. The fraction of sp³-hybridized carbons (Fsp3) is 0.333. The number of rotatable bonds is 3. The molecule has 0 aromatic heterocycles. The quantitative estimate of drug-likeness (QED) is 0.549. The summed E-state index contributed by atoms with van der Waals surface area (Å²) >= 11 is 0. The minimum atomic E-state index is 1.23. The van der Waals surface area contributed by atoms with Crippen LogP contribution in [0.2, 0.25) is 0 Å². The summed E-state index contributed by atoms with van der Waals surface area (Å²) in [5, 5.41) is 0. The second kappa shape index (κ2) is 15.4. The zero-order valence-corrected chi connectivity index (χ0v) is 12.8. The van der Waals surface area contributed by atoms with Gasteiger partial charge in [-0.1, -0.05) is 88.4 Å². The van der Waals surface area contributed by atoms with E-state index >= 15 is 0 Å². The molecule has 0 amide bonds. The Morgan fingerprint density at radius 2 is 1.39 bits per heavy atom. The van der Waals surface area contributed by atoms with Gasteiger partial charge in [-0.2, -0.15) is 0 Å². The van der Waals surface area contributed by atoms with Crippen LogP contribution in [0.15, 0.2) is 60.2 Å². The molecule has 0 bridgehead atoms. The number of hydrogen-bond acceptors (Lipinski definition) is 0. The summed E-state index contributed by atoms with van der Waals surface area (Å²) in [6.07, 6.45) is 10.5. The highest BCUT2D eigenvalue weighted by molar-refractivity contribution is 5.54. The zero-order valence-electron chi connectivity index (χ0n) is 12.8. The third-order valence-electron chi connectivity index (χ3n) is 1.96. The van der Waals surface area contributed by atoms with Gasteiger partial charge in [0.2, 0.25) is 0 Å². The van der Waals surface area contributed by atoms with Crippen molar-refractivity contribution in [3.63, 3.8) is 0 Å². The number of hydrogen-bond donors (Lipinski definition) is 0. The van der Waals surface area contributed by atoms with Crippen LogP contribution in [-0.2, 0) is 0 Å². The van der Waals surface area contributed by atoms with Crippen molar-refractivity contribution in [3.8, 4) is 0 Å². The van der Waals surface area contributed by atoms with Crippen LogP contribution in [0.5, 0.6) is 0 Å². The van der Waals surface area contributed by atoms with Gasteiger partial charge in [-0.15, -0.1) is 0 Å². The van der Waals surface area contributed by atoms with E-state index in [-0.39, 0.29) is 0 Å². The maximum absolute atomic E-state index is 2.12. The van der Waals surface area contributed by atoms with Gasteiger partial charge in [0, 0.05) is 0 Å². The Bertz CT molecular complexity index is 340. The molecule has 0 nitrogen and oxygen atoms in total. The van der Waals surface area contributed by atoms with E-state index < -0.39 is 0 Å². The summed E-state index contributed by atoms with van der Waals surface area (Å²) in [5.74, 6) is 0. The molecule has 0 spiro atoms. The van der Waals surface area contributed by atoms with Crippen LogP contribution in [0.3, 0.4) is 0 Å². The smallest absolute Gasteiger partial charge is 0.0256 e. The van der Waals surface area contributed by atoms with Crippen LogP contribution in [-0.4, -0.2) is 0 Å². The Hall–Kier alpha value is -1.56. The fourth-order valence-electron chi connectivity index (χ4n) is 1.20. The molecule has 0 aliphatic carbocycles. The van der Waals surface area contributed by atoms with Crippen LogP contribution in [0.4, 0.5) is 0 Å². The van der Waals surface area contributed by atoms with E-state index in [2.05, 4.69) is 36.4 Å². The van der Waals surface area contributed by atoms with Gasteiger partial charge in [-0.3, -0.25) is 0 Å². The molecule has 0 saturated heterocycles. The monoisotopic (exact) mass is 244 g/mol. The normalized spacial score (nSPS) is 10.7. The second-order valence-corrected chi connectivity index (χ2v) is 3.03. The van der Waals surface area contributed by atoms with Crippen LogP contribution < -0.4 is 0 Å². The standard InChI is InChI=1S/C14H16.2C2H6/c1-3-8-13(4-2)11-12-14-9-6-5-7-10-14;2*1-2/h3-12H,1-2H3;2*1-2H3/b8-3-,12-11-,13-4+;;. The minimum absolute atomic E-state index is 1.23. The van der Waals surface area contributed by atoms with Crippen molar-refractivity contribution in [1.29, 1.82) is 0 Å². The van der Waals surface area contributed by atoms with Crippen molar-refractivity contribution in [1.82, 2.24) is 0 Å². The molecular weight excluding hydrogens is 216 g/mol. The average Bonchev–Trinajstić information content (AvgIpc) is 2.49. The van der Waals surface area contributed by atoms with Gasteiger partial charge >= 0.3 is 0 Å². The lowest BCUT2D eigenvalue weighted by molar-refractivity contribution is 1.50. The molecule has 0 atom stereocenters. The van der Waals surface area contributed by atoms with E-state index in [0.717, 1.165) is 0 Å². The highest BCUT2D eigenvalue weighted by atomic mass is 13.9. The molecule has 1 aromatic rings. The summed E-state index contributed by atoms with van der Waals surface area (Å²) in [7, 11) is 0. The summed E-state index contributed by atoms with van der Waals surface area (Å²) in [5.41, 5.74) is 2.47. The van der Waals surface area contributed by atoms with Gasteiger partial charge in [0.15, 0.2) is 0 Å². The maximum Gasteiger partial charge on any atom is -0.0256 e. The lowest BCUT2D eigenvalue weighted by atomic mass is 10.1. The zero-order chi connectivity index (χ0) is 14.2. The van der Waals surface area contributed by atoms with E-state index in [1.54, 1.807) is 0 Å². The van der Waals surface area contributed by atoms with Gasteiger partial charge < -0.3 is 0 Å². The molecule has 0 N–H and O–H groups in total. The molecule has 0 fully saturated rings. The molecule has 1 rings (SSSR count). The molecule has 1 aromatic carbocycles. The summed E-state index contributed by atoms with van der Waals surface area (Å²) in [4.78, 5) is 0. The fourth-order valence-corrected chi connectivity index (χ4v) is 1.20. The van der Waals surface area contributed by atoms with Gasteiger partial charge in [0.1, 0.15) is 0 Å². The largest absolute Gasteiger partial charge is 0.0871 e. The Labute approximate surface area is 114 Å². The van der Waals surface area contributed by atoms with E-state index in [4.69, 9.17) is 0 Å². The van der Waals surface area contributed by atoms with Crippen LogP contribution in [0.1, 0.15) is 47.1 Å². The molecule has 0 heteroatoms. The van der Waals surface area contributed by atoms with E-state index in [1.165, 1.54) is 11.1 Å². The first-order chi connectivity index (χ1) is 8.86. The molecule has 0 aliphatic heterocycles. The van der Waals surface area contributed by atoms with Crippen molar-refractivity contribution in [2.24, 2.45) is 0 Å². The van der Waals surface area contributed by atoms with Gasteiger partial charge in [-0.05, 0) is 25.0 Å². The molecule has 0 unspecified atom stereocenters. The number of benzene rings is 1. The minimum Gasteiger partial charge on any atom is -0.0871 e. The Morgan fingerprint density at radius 3 is 1.83 bits per heavy atom. The highest BCUT2D eigenvalue weighted by Crippen LogP contribution is 2.05. The average molecular weight is 244 g/mol. The molecule has 0 saturated carbocycles. The first-order valence-corrected chi connectivity index (χ1v) is 6.89. The van der Waals surface area contributed by atoms with Crippen molar-refractivity contribution in [2.75, 3.05) is 0 Å². The van der Waals surface area contributed by atoms with Crippen LogP contribution in [0, 0.1) is 0 Å². The lowest BCUT2D eigenvalue weighted by Crippen LogP contribution is -1.71. The SMILES string of the molecule is CC.CC.C\C=C/C(/C=C\c1ccccc1)=C\C. The molecule has 0 heterocycles. The lowest BCUT2D eigenvalue weighted by Gasteiger charge is -1.93. The van der Waals surface area contributed by atoms with Crippen LogP contribution in [0.25, 0.3) is 6.08 Å². The molecular formula is C18H28. The van der Waals surface area contributed by atoms with Crippen molar-refractivity contribution in [3.05, 3.63) is 65.8 Å². The predicted octanol–water partition coefficient (Wildman–Crippen LogP) is 6.27. The number of allylic oxidation sites excluding steroid dienone is 5. The van der Waals surface area contributed by atoms with Gasteiger partial charge in [-0.25, -0.2) is 0 Å². The van der Waals surface area contributed by atoms with Gasteiger partial charge in [0.05, 0.1) is 0 Å².